The second kappa shape index (κ2) is 10.4. The van der Waals surface area contributed by atoms with Crippen LogP contribution in [0, 0.1) is 0 Å². The summed E-state index contributed by atoms with van der Waals surface area (Å²) in [6.07, 6.45) is 1.58. The Bertz CT molecular complexity index is 1080. The first kappa shape index (κ1) is 23.8. The number of ether oxygens (including phenoxy) is 1. The number of unbranched alkanes of at least 4 members (excludes halogenated alkanes) is 1. The number of carbonyl (C=O) groups is 3. The highest BCUT2D eigenvalue weighted by molar-refractivity contribution is 7.13. The Kier molecular flexibility index (Phi) is 7.05. The first-order valence-electron chi connectivity index (χ1n) is 12.3. The van der Waals surface area contributed by atoms with Crippen LogP contribution in [0.1, 0.15) is 19.3 Å². The Morgan fingerprint density at radius 2 is 1.83 bits per heavy atom. The van der Waals surface area contributed by atoms with E-state index in [1.807, 2.05) is 0 Å². The van der Waals surface area contributed by atoms with Gasteiger partial charge in [0, 0.05) is 64.2 Å². The Morgan fingerprint density at radius 1 is 1.06 bits per heavy atom. The van der Waals surface area contributed by atoms with Crippen LogP contribution in [-0.4, -0.2) is 114 Å². The molecule has 0 N–H and O–H groups in total. The van der Waals surface area contributed by atoms with Crippen molar-refractivity contribution in [2.75, 3.05) is 70.9 Å². The van der Waals surface area contributed by atoms with Gasteiger partial charge in [0.1, 0.15) is 5.82 Å². The van der Waals surface area contributed by atoms with E-state index in [9.17, 15) is 14.4 Å². The Labute approximate surface area is 209 Å². The lowest BCUT2D eigenvalue weighted by Gasteiger charge is -2.45. The van der Waals surface area contributed by atoms with Gasteiger partial charge in [-0.3, -0.25) is 14.6 Å². The average Bonchev–Trinajstić information content (AvgIpc) is 3.32. The van der Waals surface area contributed by atoms with Gasteiger partial charge in [0.25, 0.3) is 0 Å². The predicted octanol–water partition coefficient (Wildman–Crippen LogP) is 2.30. The number of nitrogens with zero attached hydrogens (tertiary/aromatic N) is 6. The first-order valence-corrected chi connectivity index (χ1v) is 13.1. The molecule has 4 heterocycles. The molecule has 3 aliphatic rings. The lowest BCUT2D eigenvalue weighted by molar-refractivity contribution is -0.133. The fourth-order valence-corrected chi connectivity index (χ4v) is 6.06. The van der Waals surface area contributed by atoms with E-state index in [1.54, 1.807) is 21.3 Å². The number of amides is 4. The Hall–Kier alpha value is -2.92. The fraction of sp³-hybridized carbons (Fsp3) is 0.583. The molecule has 0 aliphatic carbocycles. The molecular weight excluding hydrogens is 468 g/mol. The van der Waals surface area contributed by atoms with Crippen LogP contribution < -0.4 is 4.90 Å². The molecule has 10 nitrogen and oxygen atoms in total. The van der Waals surface area contributed by atoms with Crippen LogP contribution in [0.2, 0.25) is 0 Å². The van der Waals surface area contributed by atoms with E-state index in [2.05, 4.69) is 38.4 Å². The van der Waals surface area contributed by atoms with E-state index in [-0.39, 0.29) is 24.4 Å². The van der Waals surface area contributed by atoms with Crippen molar-refractivity contribution < 1.29 is 19.1 Å². The van der Waals surface area contributed by atoms with Gasteiger partial charge in [-0.2, -0.15) is 4.37 Å². The number of urea groups is 1. The second-order valence-corrected chi connectivity index (χ2v) is 10.1. The molecule has 0 saturated carbocycles. The number of carbonyl (C=O) groups excluding carboxylic acids is 3. The van der Waals surface area contributed by atoms with E-state index in [0.29, 0.717) is 26.2 Å². The van der Waals surface area contributed by atoms with E-state index in [1.165, 1.54) is 22.1 Å². The normalized spacial score (nSPS) is 21.6. The SMILES string of the molecule is COC(=O)N1CCN2C(=O)N(CCCCN3CCN(c4nsc5ccccc45)CC3)C(=O)C[C@@H]2C1. The summed E-state index contributed by atoms with van der Waals surface area (Å²) < 4.78 is 10.7. The summed E-state index contributed by atoms with van der Waals surface area (Å²) in [4.78, 5) is 46.9. The third-order valence-electron chi connectivity index (χ3n) is 7.24. The molecule has 3 fully saturated rings. The molecule has 5 rings (SSSR count). The number of benzene rings is 1. The summed E-state index contributed by atoms with van der Waals surface area (Å²) in [5.74, 6) is 0.949. The van der Waals surface area contributed by atoms with E-state index in [4.69, 9.17) is 4.74 Å². The summed E-state index contributed by atoms with van der Waals surface area (Å²) in [5.41, 5.74) is 0. The summed E-state index contributed by atoms with van der Waals surface area (Å²) in [6.45, 7) is 6.50. The van der Waals surface area contributed by atoms with E-state index >= 15 is 0 Å². The van der Waals surface area contributed by atoms with Gasteiger partial charge in [-0.05, 0) is 43.1 Å². The summed E-state index contributed by atoms with van der Waals surface area (Å²) >= 11 is 1.56. The summed E-state index contributed by atoms with van der Waals surface area (Å²) in [6, 6.07) is 7.90. The van der Waals surface area contributed by atoms with Gasteiger partial charge in [0.2, 0.25) is 5.91 Å². The zero-order chi connectivity index (χ0) is 24.4. The lowest BCUT2D eigenvalue weighted by Crippen LogP contribution is -2.64. The maximum atomic E-state index is 12.9. The van der Waals surface area contributed by atoms with Crippen LogP contribution in [0.3, 0.4) is 0 Å². The maximum Gasteiger partial charge on any atom is 0.409 e. The molecule has 188 valence electrons. The number of fused-ring (bicyclic) bond motifs is 2. The van der Waals surface area contributed by atoms with Crippen LogP contribution >= 0.6 is 11.5 Å². The maximum absolute atomic E-state index is 12.9. The number of methoxy groups -OCH3 is 1. The van der Waals surface area contributed by atoms with Gasteiger partial charge in [0.15, 0.2) is 0 Å². The molecule has 2 aromatic rings. The topological polar surface area (TPSA) is 89.5 Å². The molecule has 0 bridgehead atoms. The molecule has 4 amide bonds. The molecule has 1 atom stereocenters. The standard InChI is InChI=1S/C24H32N6O4S/c1-34-24(33)28-14-15-29-18(17-28)16-21(31)30(23(29)32)9-5-4-8-26-10-12-27(13-11-26)22-19-6-2-3-7-20(19)35-25-22/h2-3,6-7,18H,4-5,8-17H2,1H3/t18-/m1/s1. The molecule has 0 unspecified atom stereocenters. The van der Waals surface area contributed by atoms with Crippen molar-refractivity contribution in [2.45, 2.75) is 25.3 Å². The largest absolute Gasteiger partial charge is 0.453 e. The molecule has 35 heavy (non-hydrogen) atoms. The quantitative estimate of drug-likeness (QED) is 0.563. The molecule has 0 radical (unpaired) electrons. The molecule has 3 aliphatic heterocycles. The molecule has 1 aromatic carbocycles. The number of hydrogen-bond acceptors (Lipinski definition) is 8. The van der Waals surface area contributed by atoms with Gasteiger partial charge < -0.3 is 19.4 Å². The Balaban J connectivity index is 1.05. The van der Waals surface area contributed by atoms with E-state index in [0.717, 1.165) is 51.4 Å². The number of aromatic nitrogens is 1. The lowest BCUT2D eigenvalue weighted by atomic mass is 10.0. The molecule has 0 spiro atoms. The van der Waals surface area contributed by atoms with Crippen molar-refractivity contribution in [3.05, 3.63) is 24.3 Å². The summed E-state index contributed by atoms with van der Waals surface area (Å²) in [5, 5.41) is 1.23. The van der Waals surface area contributed by atoms with Crippen molar-refractivity contribution >= 4 is 45.5 Å². The van der Waals surface area contributed by atoms with Crippen LogP contribution in [0.15, 0.2) is 24.3 Å². The number of piperazine rings is 2. The van der Waals surface area contributed by atoms with Crippen LogP contribution in [0.4, 0.5) is 15.4 Å². The fourth-order valence-electron chi connectivity index (χ4n) is 5.26. The Morgan fingerprint density at radius 3 is 2.63 bits per heavy atom. The monoisotopic (exact) mass is 500 g/mol. The predicted molar refractivity (Wildman–Crippen MR) is 134 cm³/mol. The van der Waals surface area contributed by atoms with Gasteiger partial charge in [-0.15, -0.1) is 0 Å². The van der Waals surface area contributed by atoms with Crippen molar-refractivity contribution in [1.29, 1.82) is 0 Å². The first-order chi connectivity index (χ1) is 17.0. The molecule has 1 aromatic heterocycles. The molecular formula is C24H32N6O4S. The minimum atomic E-state index is -0.409. The van der Waals surface area contributed by atoms with Gasteiger partial charge in [-0.1, -0.05) is 12.1 Å². The van der Waals surface area contributed by atoms with Crippen LogP contribution in [0.5, 0.6) is 0 Å². The number of imide groups is 1. The molecule has 3 saturated heterocycles. The van der Waals surface area contributed by atoms with Crippen LogP contribution in [0.25, 0.3) is 10.1 Å². The van der Waals surface area contributed by atoms with Gasteiger partial charge >= 0.3 is 12.1 Å². The van der Waals surface area contributed by atoms with Crippen molar-refractivity contribution in [1.82, 2.24) is 24.0 Å². The highest BCUT2D eigenvalue weighted by Gasteiger charge is 2.42. The smallest absolute Gasteiger partial charge is 0.409 e. The van der Waals surface area contributed by atoms with Crippen molar-refractivity contribution in [3.63, 3.8) is 0 Å². The number of hydrogen-bond donors (Lipinski definition) is 0. The number of anilines is 1. The van der Waals surface area contributed by atoms with Crippen molar-refractivity contribution in [2.24, 2.45) is 0 Å². The van der Waals surface area contributed by atoms with Gasteiger partial charge in [-0.25, -0.2) is 9.59 Å². The third-order valence-corrected chi connectivity index (χ3v) is 8.06. The van der Waals surface area contributed by atoms with Crippen molar-refractivity contribution in [3.8, 4) is 0 Å². The van der Waals surface area contributed by atoms with E-state index < -0.39 is 6.09 Å². The highest BCUT2D eigenvalue weighted by Crippen LogP contribution is 2.30. The number of rotatable bonds is 6. The highest BCUT2D eigenvalue weighted by atomic mass is 32.1. The zero-order valence-corrected chi connectivity index (χ0v) is 20.9. The zero-order valence-electron chi connectivity index (χ0n) is 20.1. The molecule has 11 heteroatoms. The van der Waals surface area contributed by atoms with Crippen LogP contribution in [-0.2, 0) is 9.53 Å². The minimum Gasteiger partial charge on any atom is -0.453 e. The average molecular weight is 501 g/mol. The summed E-state index contributed by atoms with van der Waals surface area (Å²) in [7, 11) is 1.34. The minimum absolute atomic E-state index is 0.146. The van der Waals surface area contributed by atoms with Gasteiger partial charge in [0.05, 0.1) is 17.9 Å². The third kappa shape index (κ3) is 4.92. The second-order valence-electron chi connectivity index (χ2n) is 9.33.